The molecule has 0 radical (unpaired) electrons. The van der Waals surface area contributed by atoms with Crippen molar-refractivity contribution in [3.05, 3.63) is 63.6 Å². The molecular formula is C21H24N2O2S. The molecule has 0 saturated heterocycles. The topological polar surface area (TPSA) is 68.2 Å². The van der Waals surface area contributed by atoms with Gasteiger partial charge in [-0.15, -0.1) is 0 Å². The number of rotatable bonds is 7. The third-order valence-corrected chi connectivity index (χ3v) is 5.42. The maximum atomic E-state index is 12.2. The van der Waals surface area contributed by atoms with Gasteiger partial charge in [0.15, 0.2) is 0 Å². The van der Waals surface area contributed by atoms with Crippen molar-refractivity contribution in [2.24, 2.45) is 5.73 Å². The van der Waals surface area contributed by atoms with Crippen molar-refractivity contribution in [1.29, 1.82) is 0 Å². The van der Waals surface area contributed by atoms with Gasteiger partial charge >= 0.3 is 0 Å². The second-order valence-corrected chi connectivity index (χ2v) is 7.26. The van der Waals surface area contributed by atoms with Gasteiger partial charge in [-0.1, -0.05) is 25.5 Å². The lowest BCUT2D eigenvalue weighted by Gasteiger charge is -2.12. The van der Waals surface area contributed by atoms with Crippen LogP contribution in [0.15, 0.2) is 41.1 Å². The van der Waals surface area contributed by atoms with E-state index in [0.717, 1.165) is 48.2 Å². The Morgan fingerprint density at radius 2 is 1.92 bits per heavy atom. The van der Waals surface area contributed by atoms with Crippen molar-refractivity contribution in [2.75, 3.05) is 0 Å². The molecule has 2 heterocycles. The summed E-state index contributed by atoms with van der Waals surface area (Å²) < 4.78 is 2.24. The minimum Gasteiger partial charge on any atom is -0.508 e. The molecule has 0 aliphatic rings. The van der Waals surface area contributed by atoms with Gasteiger partial charge < -0.3 is 15.4 Å². The number of aryl methyl sites for hydroxylation is 1. The van der Waals surface area contributed by atoms with E-state index < -0.39 is 0 Å². The first-order valence-corrected chi connectivity index (χ1v) is 9.79. The van der Waals surface area contributed by atoms with Crippen LogP contribution in [0.2, 0.25) is 0 Å². The Hall–Kier alpha value is -2.53. The zero-order valence-electron chi connectivity index (χ0n) is 15.2. The molecule has 0 aliphatic carbocycles. The molecule has 5 heteroatoms. The number of primary amides is 1. The van der Waals surface area contributed by atoms with E-state index in [1.54, 1.807) is 23.5 Å². The number of amides is 1. The summed E-state index contributed by atoms with van der Waals surface area (Å²) in [5, 5.41) is 13.6. The highest BCUT2D eigenvalue weighted by Gasteiger charge is 2.24. The Bertz CT molecular complexity index is 893. The molecule has 26 heavy (non-hydrogen) atoms. The summed E-state index contributed by atoms with van der Waals surface area (Å²) in [4.78, 5) is 12.2. The number of phenols is 1. The number of aromatic nitrogens is 1. The largest absolute Gasteiger partial charge is 0.508 e. The maximum absolute atomic E-state index is 12.2. The molecule has 3 N–H and O–H groups in total. The van der Waals surface area contributed by atoms with Gasteiger partial charge in [-0.3, -0.25) is 4.79 Å². The molecule has 4 nitrogen and oxygen atoms in total. The fourth-order valence-corrected chi connectivity index (χ4v) is 4.17. The molecule has 1 aromatic carbocycles. The summed E-state index contributed by atoms with van der Waals surface area (Å²) in [7, 11) is 0. The van der Waals surface area contributed by atoms with Crippen molar-refractivity contribution < 1.29 is 9.90 Å². The van der Waals surface area contributed by atoms with Gasteiger partial charge in [0.25, 0.3) is 5.91 Å². The fourth-order valence-electron chi connectivity index (χ4n) is 3.52. The van der Waals surface area contributed by atoms with Gasteiger partial charge in [0.05, 0.1) is 5.56 Å². The average Bonchev–Trinajstić information content (AvgIpc) is 3.22. The Morgan fingerprint density at radius 3 is 2.50 bits per heavy atom. The second-order valence-electron chi connectivity index (χ2n) is 6.48. The van der Waals surface area contributed by atoms with E-state index in [2.05, 4.69) is 22.9 Å². The van der Waals surface area contributed by atoms with Gasteiger partial charge in [0.2, 0.25) is 0 Å². The highest BCUT2D eigenvalue weighted by molar-refractivity contribution is 7.08. The Morgan fingerprint density at radius 1 is 1.19 bits per heavy atom. The summed E-state index contributed by atoms with van der Waals surface area (Å²) in [6.07, 6.45) is 2.72. The Labute approximate surface area is 157 Å². The molecule has 0 saturated carbocycles. The predicted molar refractivity (Wildman–Crippen MR) is 107 cm³/mol. The fraction of sp³-hybridized carbons (Fsp3) is 0.286. The number of aromatic hydroxyl groups is 1. The molecule has 0 fully saturated rings. The maximum Gasteiger partial charge on any atom is 0.251 e. The van der Waals surface area contributed by atoms with E-state index in [1.807, 2.05) is 24.4 Å². The van der Waals surface area contributed by atoms with Gasteiger partial charge in [-0.25, -0.2) is 0 Å². The molecule has 136 valence electrons. The second kappa shape index (κ2) is 7.79. The van der Waals surface area contributed by atoms with E-state index in [-0.39, 0.29) is 11.7 Å². The third kappa shape index (κ3) is 3.53. The quantitative estimate of drug-likeness (QED) is 0.643. The summed E-state index contributed by atoms with van der Waals surface area (Å²) in [5.41, 5.74) is 11.7. The molecule has 3 aromatic rings. The zero-order valence-corrected chi connectivity index (χ0v) is 16.0. The number of thiophene rings is 1. The van der Waals surface area contributed by atoms with E-state index in [4.69, 9.17) is 5.73 Å². The molecule has 0 spiro atoms. The number of nitrogens with two attached hydrogens (primary N) is 1. The number of carbonyl (C=O) groups excluding carboxylic acids is 1. The summed E-state index contributed by atoms with van der Waals surface area (Å²) in [6.45, 7) is 4.90. The van der Waals surface area contributed by atoms with E-state index in [9.17, 15) is 9.90 Å². The smallest absolute Gasteiger partial charge is 0.251 e. The SMILES string of the molecule is CCCc1c(-c2ccsc2)c(C(N)=O)c(C)n1CCc1ccc(O)cc1. The Balaban J connectivity index is 2.04. The monoisotopic (exact) mass is 368 g/mol. The predicted octanol–water partition coefficient (Wildman–Crippen LogP) is 4.52. The highest BCUT2D eigenvalue weighted by Crippen LogP contribution is 2.35. The van der Waals surface area contributed by atoms with Crippen LogP contribution < -0.4 is 5.73 Å². The lowest BCUT2D eigenvalue weighted by molar-refractivity contribution is 0.1000. The first kappa shape index (κ1) is 18.3. The normalized spacial score (nSPS) is 11.0. The molecule has 1 amide bonds. The van der Waals surface area contributed by atoms with Crippen molar-refractivity contribution in [1.82, 2.24) is 4.57 Å². The van der Waals surface area contributed by atoms with Gasteiger partial charge in [0, 0.05) is 23.5 Å². The summed E-state index contributed by atoms with van der Waals surface area (Å²) in [5.74, 6) is -0.0993. The number of hydrogen-bond donors (Lipinski definition) is 2. The van der Waals surface area contributed by atoms with E-state index >= 15 is 0 Å². The minimum absolute atomic E-state index is 0.272. The van der Waals surface area contributed by atoms with Crippen molar-refractivity contribution in [3.63, 3.8) is 0 Å². The number of carbonyl (C=O) groups is 1. The van der Waals surface area contributed by atoms with Crippen LogP contribution in [0.5, 0.6) is 5.75 Å². The number of hydrogen-bond acceptors (Lipinski definition) is 3. The van der Waals surface area contributed by atoms with E-state index in [1.165, 1.54) is 5.69 Å². The summed E-state index contributed by atoms with van der Waals surface area (Å²) >= 11 is 1.62. The molecule has 3 rings (SSSR count). The van der Waals surface area contributed by atoms with Crippen LogP contribution in [0, 0.1) is 6.92 Å². The third-order valence-electron chi connectivity index (χ3n) is 4.73. The first-order valence-electron chi connectivity index (χ1n) is 8.85. The van der Waals surface area contributed by atoms with E-state index in [0.29, 0.717) is 5.56 Å². The molecule has 0 aliphatic heterocycles. The van der Waals surface area contributed by atoms with Crippen molar-refractivity contribution in [2.45, 2.75) is 39.7 Å². The van der Waals surface area contributed by atoms with Crippen molar-refractivity contribution in [3.8, 4) is 16.9 Å². The van der Waals surface area contributed by atoms with Crippen LogP contribution in [0.1, 0.15) is 40.7 Å². The lowest BCUT2D eigenvalue weighted by atomic mass is 10.0. The van der Waals surface area contributed by atoms with Crippen LogP contribution in [0.4, 0.5) is 0 Å². The van der Waals surface area contributed by atoms with Crippen LogP contribution in [0.25, 0.3) is 11.1 Å². The van der Waals surface area contributed by atoms with Gasteiger partial charge in [-0.2, -0.15) is 11.3 Å². The van der Waals surface area contributed by atoms with Crippen LogP contribution in [-0.4, -0.2) is 15.6 Å². The van der Waals surface area contributed by atoms with Gasteiger partial charge in [-0.05, 0) is 59.9 Å². The average molecular weight is 369 g/mol. The number of nitrogens with zero attached hydrogens (tertiary/aromatic N) is 1. The lowest BCUT2D eigenvalue weighted by Crippen LogP contribution is -2.13. The molecule has 2 aromatic heterocycles. The summed E-state index contributed by atoms with van der Waals surface area (Å²) in [6, 6.07) is 9.33. The molecular weight excluding hydrogens is 344 g/mol. The number of phenolic OH excluding ortho intramolecular Hbond substituents is 1. The standard InChI is InChI=1S/C21H24N2O2S/c1-3-4-18-20(16-10-12-26-13-16)19(21(22)25)14(2)23(18)11-9-15-5-7-17(24)8-6-15/h5-8,10,12-13,24H,3-4,9,11H2,1-2H3,(H2,22,25). The number of benzene rings is 1. The first-order chi connectivity index (χ1) is 12.5. The van der Waals surface area contributed by atoms with Crippen LogP contribution in [0.3, 0.4) is 0 Å². The van der Waals surface area contributed by atoms with Crippen molar-refractivity contribution >= 4 is 17.2 Å². The molecule has 0 atom stereocenters. The highest BCUT2D eigenvalue weighted by atomic mass is 32.1. The Kier molecular flexibility index (Phi) is 5.47. The minimum atomic E-state index is -0.371. The van der Waals surface area contributed by atoms with Gasteiger partial charge in [0.1, 0.15) is 5.75 Å². The zero-order chi connectivity index (χ0) is 18.7. The molecule has 0 bridgehead atoms. The van der Waals surface area contributed by atoms with Crippen LogP contribution >= 0.6 is 11.3 Å². The molecule has 0 unspecified atom stereocenters. The van der Waals surface area contributed by atoms with Crippen LogP contribution in [-0.2, 0) is 19.4 Å².